The lowest BCUT2D eigenvalue weighted by molar-refractivity contribution is -0.129. The highest BCUT2D eigenvalue weighted by molar-refractivity contribution is 7.09. The van der Waals surface area contributed by atoms with Crippen LogP contribution in [0.15, 0.2) is 29.6 Å². The van der Waals surface area contributed by atoms with Gasteiger partial charge < -0.3 is 15.0 Å². The predicted molar refractivity (Wildman–Crippen MR) is 108 cm³/mol. The number of nitrogens with one attached hydrogen (secondary N) is 1. The number of carbonyl (C=O) groups is 2. The molecule has 1 aromatic carbocycles. The van der Waals surface area contributed by atoms with Crippen LogP contribution >= 0.6 is 22.9 Å². The smallest absolute Gasteiger partial charge is 0.251 e. The van der Waals surface area contributed by atoms with Crippen molar-refractivity contribution in [2.45, 2.75) is 13.1 Å². The van der Waals surface area contributed by atoms with Gasteiger partial charge in [-0.3, -0.25) is 14.5 Å². The summed E-state index contributed by atoms with van der Waals surface area (Å²) >= 11 is 7.41. The molecule has 1 aromatic heterocycles. The van der Waals surface area contributed by atoms with E-state index in [0.29, 0.717) is 17.1 Å². The number of halogens is 1. The summed E-state index contributed by atoms with van der Waals surface area (Å²) < 4.78 is 5.36. The molecule has 1 saturated heterocycles. The van der Waals surface area contributed by atoms with Gasteiger partial charge in [0.15, 0.2) is 0 Å². The predicted octanol–water partition coefficient (Wildman–Crippen LogP) is 2.02. The quantitative estimate of drug-likeness (QED) is 0.738. The molecule has 2 heterocycles. The van der Waals surface area contributed by atoms with E-state index in [9.17, 15) is 9.59 Å². The Morgan fingerprint density at radius 2 is 2.00 bits per heavy atom. The lowest BCUT2D eigenvalue weighted by Gasteiger charge is -2.25. The van der Waals surface area contributed by atoms with E-state index in [-0.39, 0.29) is 18.4 Å². The number of aromatic nitrogens is 1. The van der Waals surface area contributed by atoms with Crippen molar-refractivity contribution in [2.24, 2.45) is 0 Å². The normalized spacial score (nSPS) is 14.6. The maximum absolute atomic E-state index is 12.3. The third kappa shape index (κ3) is 6.00. The Balaban J connectivity index is 1.44. The zero-order chi connectivity index (χ0) is 19.9. The zero-order valence-corrected chi connectivity index (χ0v) is 17.3. The Morgan fingerprint density at radius 3 is 2.71 bits per heavy atom. The zero-order valence-electron chi connectivity index (χ0n) is 15.7. The van der Waals surface area contributed by atoms with Crippen LogP contribution in [0, 0.1) is 0 Å². The summed E-state index contributed by atoms with van der Waals surface area (Å²) in [5.41, 5.74) is 1.32. The van der Waals surface area contributed by atoms with Crippen molar-refractivity contribution in [3.8, 4) is 0 Å². The number of carbonyl (C=O) groups excluding carboxylic acids is 2. The molecule has 1 aliphatic rings. The fraction of sp³-hybridized carbons (Fsp3) is 0.421. The first-order chi connectivity index (χ1) is 13.5. The molecular weight excluding hydrogens is 400 g/mol. The molecule has 150 valence electrons. The summed E-state index contributed by atoms with van der Waals surface area (Å²) in [6.45, 7) is 4.51. The minimum atomic E-state index is -0.306. The van der Waals surface area contributed by atoms with Gasteiger partial charge in [0.25, 0.3) is 5.91 Å². The summed E-state index contributed by atoms with van der Waals surface area (Å²) in [6.07, 6.45) is 0. The van der Waals surface area contributed by atoms with Crippen LogP contribution in [0.1, 0.15) is 21.1 Å². The first-order valence-electron chi connectivity index (χ1n) is 9.02. The summed E-state index contributed by atoms with van der Waals surface area (Å²) in [5.74, 6) is -0.482. The van der Waals surface area contributed by atoms with Crippen LogP contribution in [0.5, 0.6) is 0 Å². The highest BCUT2D eigenvalue weighted by atomic mass is 35.5. The summed E-state index contributed by atoms with van der Waals surface area (Å²) in [5, 5.41) is 6.21. The average Bonchev–Trinajstić information content (AvgIpc) is 3.13. The molecule has 0 bridgehead atoms. The number of thiazole rings is 1. The van der Waals surface area contributed by atoms with Crippen LogP contribution in [0.4, 0.5) is 0 Å². The third-order valence-corrected chi connectivity index (χ3v) is 5.53. The van der Waals surface area contributed by atoms with Gasteiger partial charge in [-0.15, -0.1) is 11.3 Å². The fourth-order valence-corrected chi connectivity index (χ4v) is 3.72. The van der Waals surface area contributed by atoms with Gasteiger partial charge in [-0.2, -0.15) is 0 Å². The fourth-order valence-electron chi connectivity index (χ4n) is 2.77. The van der Waals surface area contributed by atoms with Crippen molar-refractivity contribution in [1.82, 2.24) is 20.1 Å². The van der Waals surface area contributed by atoms with Crippen molar-refractivity contribution in [3.63, 3.8) is 0 Å². The van der Waals surface area contributed by atoms with Crippen molar-refractivity contribution in [1.29, 1.82) is 0 Å². The number of hydrogen-bond acceptors (Lipinski definition) is 6. The maximum atomic E-state index is 12.3. The molecule has 3 rings (SSSR count). The van der Waals surface area contributed by atoms with Crippen molar-refractivity contribution in [3.05, 3.63) is 50.9 Å². The van der Waals surface area contributed by atoms with E-state index in [2.05, 4.69) is 15.2 Å². The molecule has 0 spiro atoms. The second-order valence-corrected chi connectivity index (χ2v) is 7.94. The van der Waals surface area contributed by atoms with Crippen molar-refractivity contribution < 1.29 is 14.3 Å². The SMILES string of the molecule is CN(Cc1csc(CN2CCOCC2)n1)C(=O)CNC(=O)c1ccc(Cl)cc1. The number of rotatable bonds is 7. The Bertz CT molecular complexity index is 806. The van der Waals surface area contributed by atoms with Crippen LogP contribution in [-0.4, -0.2) is 66.5 Å². The van der Waals surface area contributed by atoms with E-state index in [0.717, 1.165) is 43.5 Å². The molecule has 0 aliphatic carbocycles. The Kier molecular flexibility index (Phi) is 7.38. The minimum absolute atomic E-state index is 0.0667. The first-order valence-corrected chi connectivity index (χ1v) is 10.3. The number of amides is 2. The van der Waals surface area contributed by atoms with E-state index in [4.69, 9.17) is 16.3 Å². The van der Waals surface area contributed by atoms with Gasteiger partial charge in [0.05, 0.1) is 38.5 Å². The molecular formula is C19H23ClN4O3S. The molecule has 1 N–H and O–H groups in total. The van der Waals surface area contributed by atoms with Crippen LogP contribution in [0.25, 0.3) is 0 Å². The Labute approximate surface area is 173 Å². The molecule has 1 aliphatic heterocycles. The second kappa shape index (κ2) is 9.97. The average molecular weight is 423 g/mol. The summed E-state index contributed by atoms with van der Waals surface area (Å²) in [7, 11) is 1.71. The lowest BCUT2D eigenvalue weighted by atomic mass is 10.2. The molecule has 28 heavy (non-hydrogen) atoms. The van der Waals surface area contributed by atoms with E-state index in [1.807, 2.05) is 5.38 Å². The van der Waals surface area contributed by atoms with E-state index >= 15 is 0 Å². The molecule has 9 heteroatoms. The van der Waals surface area contributed by atoms with Gasteiger partial charge >= 0.3 is 0 Å². The monoisotopic (exact) mass is 422 g/mol. The van der Waals surface area contributed by atoms with Gasteiger partial charge in [-0.1, -0.05) is 11.6 Å². The van der Waals surface area contributed by atoms with Crippen molar-refractivity contribution in [2.75, 3.05) is 39.9 Å². The number of ether oxygens (including phenoxy) is 1. The molecule has 1 fully saturated rings. The third-order valence-electron chi connectivity index (χ3n) is 4.39. The summed E-state index contributed by atoms with van der Waals surface area (Å²) in [4.78, 5) is 32.9. The van der Waals surface area contributed by atoms with Crippen molar-refractivity contribution >= 4 is 34.8 Å². The topological polar surface area (TPSA) is 74.8 Å². The second-order valence-electron chi connectivity index (χ2n) is 6.56. The Morgan fingerprint density at radius 1 is 1.29 bits per heavy atom. The Hall–Kier alpha value is -2.00. The number of hydrogen-bond donors (Lipinski definition) is 1. The molecule has 0 atom stereocenters. The van der Waals surface area contributed by atoms with Gasteiger partial charge in [0.1, 0.15) is 5.01 Å². The van der Waals surface area contributed by atoms with E-state index in [1.165, 1.54) is 0 Å². The highest BCUT2D eigenvalue weighted by Gasteiger charge is 2.15. The van der Waals surface area contributed by atoms with E-state index < -0.39 is 0 Å². The van der Waals surface area contributed by atoms with Gasteiger partial charge in [-0.25, -0.2) is 4.98 Å². The molecule has 0 radical (unpaired) electrons. The largest absolute Gasteiger partial charge is 0.379 e. The number of benzene rings is 1. The standard InChI is InChI=1S/C19H23ClN4O3S/c1-23(18(25)10-21-19(26)14-2-4-15(20)5-3-14)11-16-13-28-17(22-16)12-24-6-8-27-9-7-24/h2-5,13H,6-12H2,1H3,(H,21,26). The number of nitrogens with zero attached hydrogens (tertiary/aromatic N) is 3. The lowest BCUT2D eigenvalue weighted by Crippen LogP contribution is -2.38. The minimum Gasteiger partial charge on any atom is -0.379 e. The summed E-state index contributed by atoms with van der Waals surface area (Å²) in [6, 6.07) is 6.52. The van der Waals surface area contributed by atoms with Crippen LogP contribution in [-0.2, 0) is 22.6 Å². The van der Waals surface area contributed by atoms with Crippen LogP contribution in [0.3, 0.4) is 0 Å². The molecule has 7 nitrogen and oxygen atoms in total. The first kappa shape index (κ1) is 20.7. The molecule has 0 unspecified atom stereocenters. The molecule has 2 amide bonds. The van der Waals surface area contributed by atoms with Gasteiger partial charge in [0.2, 0.25) is 5.91 Å². The van der Waals surface area contributed by atoms with E-state index in [1.54, 1.807) is 47.5 Å². The highest BCUT2D eigenvalue weighted by Crippen LogP contribution is 2.15. The molecule has 0 saturated carbocycles. The maximum Gasteiger partial charge on any atom is 0.251 e. The van der Waals surface area contributed by atoms with Crippen LogP contribution < -0.4 is 5.32 Å². The van der Waals surface area contributed by atoms with Gasteiger partial charge in [-0.05, 0) is 24.3 Å². The number of morpholine rings is 1. The molecule has 2 aromatic rings. The number of likely N-dealkylation sites (N-methyl/N-ethyl adjacent to an activating group) is 1. The van der Waals surface area contributed by atoms with Gasteiger partial charge in [0, 0.05) is 36.1 Å². The van der Waals surface area contributed by atoms with Crippen LogP contribution in [0.2, 0.25) is 5.02 Å².